The standard InChI is InChI=1S/C12H16FNO2S/c1-17-6-5-12(16)14-8-11(15)9-3-2-4-10(13)7-9/h2-4,7,11,15H,5-6,8H2,1H3,(H,14,16). The van der Waals surface area contributed by atoms with Crippen molar-refractivity contribution in [1.29, 1.82) is 0 Å². The summed E-state index contributed by atoms with van der Waals surface area (Å²) in [6.07, 6.45) is 1.48. The van der Waals surface area contributed by atoms with Gasteiger partial charge in [-0.2, -0.15) is 11.8 Å². The van der Waals surface area contributed by atoms with Gasteiger partial charge >= 0.3 is 0 Å². The molecule has 0 aliphatic rings. The molecule has 1 amide bonds. The van der Waals surface area contributed by atoms with Crippen LogP contribution in [0.1, 0.15) is 18.1 Å². The number of carbonyl (C=O) groups is 1. The van der Waals surface area contributed by atoms with Gasteiger partial charge in [0.15, 0.2) is 0 Å². The molecule has 1 aromatic carbocycles. The summed E-state index contributed by atoms with van der Waals surface area (Å²) in [5, 5.41) is 12.3. The van der Waals surface area contributed by atoms with Gasteiger partial charge in [0.2, 0.25) is 5.91 Å². The molecule has 0 heterocycles. The second-order valence-corrected chi connectivity index (χ2v) is 4.60. The highest BCUT2D eigenvalue weighted by atomic mass is 32.2. The van der Waals surface area contributed by atoms with Crippen LogP contribution in [0.4, 0.5) is 4.39 Å². The summed E-state index contributed by atoms with van der Waals surface area (Å²) in [7, 11) is 0. The predicted molar refractivity (Wildman–Crippen MR) is 67.4 cm³/mol. The van der Waals surface area contributed by atoms with E-state index in [-0.39, 0.29) is 12.5 Å². The molecule has 0 spiro atoms. The number of nitrogens with one attached hydrogen (secondary N) is 1. The van der Waals surface area contributed by atoms with Gasteiger partial charge in [-0.05, 0) is 24.0 Å². The Hall–Kier alpha value is -1.07. The van der Waals surface area contributed by atoms with E-state index in [9.17, 15) is 14.3 Å². The lowest BCUT2D eigenvalue weighted by molar-refractivity contribution is -0.121. The molecule has 0 bridgehead atoms. The summed E-state index contributed by atoms with van der Waals surface area (Å²) in [5.41, 5.74) is 0.468. The molecular formula is C12H16FNO2S. The van der Waals surface area contributed by atoms with Crippen LogP contribution in [0.5, 0.6) is 0 Å². The Labute approximate surface area is 104 Å². The average molecular weight is 257 g/mol. The van der Waals surface area contributed by atoms with Gasteiger partial charge in [-0.15, -0.1) is 0 Å². The molecule has 94 valence electrons. The maximum atomic E-state index is 12.9. The number of rotatable bonds is 6. The zero-order valence-corrected chi connectivity index (χ0v) is 10.5. The van der Waals surface area contributed by atoms with Crippen LogP contribution in [0.3, 0.4) is 0 Å². The lowest BCUT2D eigenvalue weighted by Crippen LogP contribution is -2.28. The lowest BCUT2D eigenvalue weighted by atomic mass is 10.1. The number of thioether (sulfide) groups is 1. The second kappa shape index (κ2) is 7.29. The number of amides is 1. The fraction of sp³-hybridized carbons (Fsp3) is 0.417. The topological polar surface area (TPSA) is 49.3 Å². The quantitative estimate of drug-likeness (QED) is 0.816. The summed E-state index contributed by atoms with van der Waals surface area (Å²) in [5.74, 6) is 0.257. The van der Waals surface area contributed by atoms with Crippen molar-refractivity contribution in [3.8, 4) is 0 Å². The van der Waals surface area contributed by atoms with Crippen molar-refractivity contribution < 1.29 is 14.3 Å². The molecule has 0 saturated heterocycles. The normalized spacial score (nSPS) is 12.2. The van der Waals surface area contributed by atoms with Crippen LogP contribution in [-0.4, -0.2) is 29.6 Å². The van der Waals surface area contributed by atoms with Gasteiger partial charge in [-0.1, -0.05) is 12.1 Å². The number of hydrogen-bond acceptors (Lipinski definition) is 3. The zero-order valence-electron chi connectivity index (χ0n) is 9.65. The average Bonchev–Trinajstić information content (AvgIpc) is 2.33. The fourth-order valence-electron chi connectivity index (χ4n) is 1.33. The van der Waals surface area contributed by atoms with E-state index in [1.807, 2.05) is 6.26 Å². The third-order valence-electron chi connectivity index (χ3n) is 2.26. The smallest absolute Gasteiger partial charge is 0.220 e. The number of halogens is 1. The van der Waals surface area contributed by atoms with E-state index in [4.69, 9.17) is 0 Å². The van der Waals surface area contributed by atoms with Crippen LogP contribution in [-0.2, 0) is 4.79 Å². The molecule has 0 aromatic heterocycles. The van der Waals surface area contributed by atoms with Crippen LogP contribution >= 0.6 is 11.8 Å². The molecule has 17 heavy (non-hydrogen) atoms. The number of benzene rings is 1. The second-order valence-electron chi connectivity index (χ2n) is 3.62. The van der Waals surface area contributed by atoms with Gasteiger partial charge in [0, 0.05) is 18.7 Å². The Bertz CT molecular complexity index is 373. The number of hydrogen-bond donors (Lipinski definition) is 2. The highest BCUT2D eigenvalue weighted by Crippen LogP contribution is 2.12. The summed E-state index contributed by atoms with van der Waals surface area (Å²) < 4.78 is 12.9. The Kier molecular flexibility index (Phi) is 6.00. The zero-order chi connectivity index (χ0) is 12.7. The summed E-state index contributed by atoms with van der Waals surface area (Å²) in [4.78, 5) is 11.3. The van der Waals surface area contributed by atoms with Crippen LogP contribution in [0.2, 0.25) is 0 Å². The molecule has 0 aliphatic heterocycles. The molecule has 1 atom stereocenters. The first-order valence-corrected chi connectivity index (χ1v) is 6.72. The molecule has 2 N–H and O–H groups in total. The van der Waals surface area contributed by atoms with Crippen LogP contribution in [0.15, 0.2) is 24.3 Å². The molecule has 1 aromatic rings. The van der Waals surface area contributed by atoms with Crippen LogP contribution < -0.4 is 5.32 Å². The van der Waals surface area contributed by atoms with E-state index in [0.717, 1.165) is 5.75 Å². The van der Waals surface area contributed by atoms with E-state index in [1.165, 1.54) is 18.2 Å². The van der Waals surface area contributed by atoms with Gasteiger partial charge in [0.1, 0.15) is 5.82 Å². The first kappa shape index (κ1) is 14.0. The largest absolute Gasteiger partial charge is 0.387 e. The molecule has 0 fully saturated rings. The molecular weight excluding hydrogens is 241 g/mol. The SMILES string of the molecule is CSCCC(=O)NCC(O)c1cccc(F)c1. The fourth-order valence-corrected chi connectivity index (χ4v) is 1.71. The van der Waals surface area contributed by atoms with Gasteiger partial charge in [-0.25, -0.2) is 4.39 Å². The van der Waals surface area contributed by atoms with Gasteiger partial charge in [0.25, 0.3) is 0 Å². The van der Waals surface area contributed by atoms with E-state index in [0.29, 0.717) is 12.0 Å². The minimum absolute atomic E-state index is 0.102. The Balaban J connectivity index is 2.39. The van der Waals surface area contributed by atoms with E-state index in [2.05, 4.69) is 5.32 Å². The Morgan fingerprint density at radius 2 is 2.35 bits per heavy atom. The van der Waals surface area contributed by atoms with E-state index >= 15 is 0 Å². The third-order valence-corrected chi connectivity index (χ3v) is 2.87. The lowest BCUT2D eigenvalue weighted by Gasteiger charge is -2.12. The van der Waals surface area contributed by atoms with Crippen LogP contribution in [0, 0.1) is 5.82 Å². The number of aliphatic hydroxyl groups is 1. The highest BCUT2D eigenvalue weighted by Gasteiger charge is 2.09. The summed E-state index contributed by atoms with van der Waals surface area (Å²) in [6.45, 7) is 0.108. The molecule has 5 heteroatoms. The van der Waals surface area contributed by atoms with Crippen molar-refractivity contribution in [2.75, 3.05) is 18.6 Å². The maximum Gasteiger partial charge on any atom is 0.220 e. The van der Waals surface area contributed by atoms with Crippen molar-refractivity contribution in [3.63, 3.8) is 0 Å². The number of carbonyl (C=O) groups excluding carboxylic acids is 1. The van der Waals surface area contributed by atoms with E-state index in [1.54, 1.807) is 17.8 Å². The van der Waals surface area contributed by atoms with Crippen molar-refractivity contribution in [2.45, 2.75) is 12.5 Å². The Morgan fingerprint density at radius 3 is 3.00 bits per heavy atom. The summed E-state index contributed by atoms with van der Waals surface area (Å²) >= 11 is 1.59. The van der Waals surface area contributed by atoms with Gasteiger partial charge in [-0.3, -0.25) is 4.79 Å². The molecule has 0 aliphatic carbocycles. The molecule has 3 nitrogen and oxygen atoms in total. The first-order valence-electron chi connectivity index (χ1n) is 5.32. The molecule has 0 radical (unpaired) electrons. The minimum Gasteiger partial charge on any atom is -0.387 e. The first-order chi connectivity index (χ1) is 8.13. The molecule has 0 saturated carbocycles. The molecule has 1 unspecified atom stereocenters. The highest BCUT2D eigenvalue weighted by molar-refractivity contribution is 7.98. The van der Waals surface area contributed by atoms with Crippen molar-refractivity contribution in [1.82, 2.24) is 5.32 Å². The summed E-state index contributed by atoms with van der Waals surface area (Å²) in [6, 6.07) is 5.73. The maximum absolute atomic E-state index is 12.9. The predicted octanol–water partition coefficient (Wildman–Crippen LogP) is 1.73. The third kappa shape index (κ3) is 5.19. The van der Waals surface area contributed by atoms with Crippen molar-refractivity contribution in [2.24, 2.45) is 0 Å². The Morgan fingerprint density at radius 1 is 1.59 bits per heavy atom. The minimum atomic E-state index is -0.871. The van der Waals surface area contributed by atoms with Gasteiger partial charge < -0.3 is 10.4 Å². The van der Waals surface area contributed by atoms with Crippen molar-refractivity contribution in [3.05, 3.63) is 35.6 Å². The van der Waals surface area contributed by atoms with Crippen molar-refractivity contribution >= 4 is 17.7 Å². The number of aliphatic hydroxyl groups excluding tert-OH is 1. The molecule has 1 rings (SSSR count). The monoisotopic (exact) mass is 257 g/mol. The van der Waals surface area contributed by atoms with Crippen LogP contribution in [0.25, 0.3) is 0 Å². The van der Waals surface area contributed by atoms with E-state index < -0.39 is 11.9 Å². The van der Waals surface area contributed by atoms with Gasteiger partial charge in [0.05, 0.1) is 6.10 Å².